The first-order valence-electron chi connectivity index (χ1n) is 4.05. The van der Waals surface area contributed by atoms with Crippen LogP contribution in [-0.4, -0.2) is 4.98 Å². The third-order valence-electron chi connectivity index (χ3n) is 2.08. The van der Waals surface area contributed by atoms with Crippen LogP contribution in [0.25, 0.3) is 0 Å². The van der Waals surface area contributed by atoms with E-state index in [0.29, 0.717) is 11.1 Å². The molecule has 0 spiro atoms. The summed E-state index contributed by atoms with van der Waals surface area (Å²) in [4.78, 5) is 3.75. The minimum atomic E-state index is -0.296. The Balaban J connectivity index is 2.21. The minimum Gasteiger partial charge on any atom is -0.241 e. The third-order valence-corrected chi connectivity index (χ3v) is 2.42. The molecule has 3 heteroatoms. The summed E-state index contributed by atoms with van der Waals surface area (Å²) >= 11 is 5.79. The minimum absolute atomic E-state index is 0.296. The van der Waals surface area contributed by atoms with E-state index >= 15 is 0 Å². The number of pyridine rings is 1. The molecule has 0 saturated heterocycles. The van der Waals surface area contributed by atoms with Crippen molar-refractivity contribution in [1.29, 1.82) is 0 Å². The zero-order valence-electron chi connectivity index (χ0n) is 6.56. The Bertz CT molecular complexity index is 297. The molecular weight excluding hydrogens is 177 g/mol. The lowest BCUT2D eigenvalue weighted by molar-refractivity contribution is 0.617. The quantitative estimate of drug-likeness (QED) is 0.646. The molecular formula is C9H9ClFN. The normalized spacial score (nSPS) is 16.5. The van der Waals surface area contributed by atoms with Crippen LogP contribution < -0.4 is 0 Å². The molecule has 1 aromatic heterocycles. The van der Waals surface area contributed by atoms with Gasteiger partial charge in [0.15, 0.2) is 0 Å². The highest BCUT2D eigenvalue weighted by Gasteiger charge is 2.22. The third kappa shape index (κ3) is 1.75. The summed E-state index contributed by atoms with van der Waals surface area (Å²) in [5.41, 5.74) is 0.846. The van der Waals surface area contributed by atoms with E-state index in [1.165, 1.54) is 18.9 Å². The molecule has 2 rings (SSSR count). The topological polar surface area (TPSA) is 12.9 Å². The van der Waals surface area contributed by atoms with Crippen LogP contribution in [0.5, 0.6) is 0 Å². The van der Waals surface area contributed by atoms with Gasteiger partial charge < -0.3 is 0 Å². The van der Waals surface area contributed by atoms with Crippen LogP contribution in [0.3, 0.4) is 0 Å². The average molecular weight is 186 g/mol. The van der Waals surface area contributed by atoms with Gasteiger partial charge in [0.2, 0.25) is 0 Å². The average Bonchev–Trinajstić information content (AvgIpc) is 2.81. The van der Waals surface area contributed by atoms with Gasteiger partial charge in [0.25, 0.3) is 0 Å². The number of nitrogens with zero attached hydrogens (tertiary/aromatic N) is 1. The van der Waals surface area contributed by atoms with Gasteiger partial charge in [-0.05, 0) is 36.8 Å². The molecule has 0 amide bonds. The second-order valence-electron chi connectivity index (χ2n) is 3.25. The first-order valence-corrected chi connectivity index (χ1v) is 4.43. The smallest absolute Gasteiger partial charge is 0.141 e. The van der Waals surface area contributed by atoms with Crippen molar-refractivity contribution in [2.24, 2.45) is 5.92 Å². The molecule has 1 aromatic rings. The van der Waals surface area contributed by atoms with Gasteiger partial charge in [-0.25, -0.2) is 9.37 Å². The van der Waals surface area contributed by atoms with E-state index in [9.17, 15) is 4.39 Å². The van der Waals surface area contributed by atoms with Gasteiger partial charge in [-0.1, -0.05) is 11.6 Å². The van der Waals surface area contributed by atoms with Crippen molar-refractivity contribution >= 4 is 11.6 Å². The zero-order valence-corrected chi connectivity index (χ0v) is 7.31. The Labute approximate surface area is 75.6 Å². The second kappa shape index (κ2) is 3.02. The number of rotatable bonds is 2. The van der Waals surface area contributed by atoms with E-state index in [4.69, 9.17) is 11.6 Å². The van der Waals surface area contributed by atoms with Crippen molar-refractivity contribution in [3.05, 3.63) is 28.8 Å². The largest absolute Gasteiger partial charge is 0.241 e. The molecule has 1 nitrogen and oxygen atoms in total. The SMILES string of the molecule is Fc1cnc(Cl)c(CC2CC2)c1. The molecule has 0 aromatic carbocycles. The lowest BCUT2D eigenvalue weighted by Gasteiger charge is -2.00. The van der Waals surface area contributed by atoms with Gasteiger partial charge in [-0.2, -0.15) is 0 Å². The lowest BCUT2D eigenvalue weighted by atomic mass is 10.1. The molecule has 64 valence electrons. The second-order valence-corrected chi connectivity index (χ2v) is 3.61. The highest BCUT2D eigenvalue weighted by atomic mass is 35.5. The van der Waals surface area contributed by atoms with Crippen molar-refractivity contribution in [2.45, 2.75) is 19.3 Å². The highest BCUT2D eigenvalue weighted by molar-refractivity contribution is 6.30. The summed E-state index contributed by atoms with van der Waals surface area (Å²) in [5.74, 6) is 0.418. The van der Waals surface area contributed by atoms with Crippen LogP contribution in [0.15, 0.2) is 12.3 Å². The van der Waals surface area contributed by atoms with Crippen molar-refractivity contribution in [1.82, 2.24) is 4.98 Å². The molecule has 0 N–H and O–H groups in total. The standard InChI is InChI=1S/C9H9ClFN/c10-9-7(3-6-1-2-6)4-8(11)5-12-9/h4-6H,1-3H2. The molecule has 0 bridgehead atoms. The van der Waals surface area contributed by atoms with E-state index in [0.717, 1.165) is 18.2 Å². The predicted octanol–water partition coefficient (Wildman–Crippen LogP) is 2.83. The van der Waals surface area contributed by atoms with Gasteiger partial charge in [-0.3, -0.25) is 0 Å². The van der Waals surface area contributed by atoms with Crippen LogP contribution in [0.4, 0.5) is 4.39 Å². The molecule has 1 fully saturated rings. The van der Waals surface area contributed by atoms with Crippen LogP contribution in [-0.2, 0) is 6.42 Å². The van der Waals surface area contributed by atoms with Crippen LogP contribution in [0, 0.1) is 11.7 Å². The van der Waals surface area contributed by atoms with Gasteiger partial charge in [0.1, 0.15) is 11.0 Å². The fourth-order valence-electron chi connectivity index (χ4n) is 1.24. The van der Waals surface area contributed by atoms with E-state index in [1.807, 2.05) is 0 Å². The molecule has 0 aliphatic heterocycles. The van der Waals surface area contributed by atoms with E-state index < -0.39 is 0 Å². The molecule has 1 saturated carbocycles. The fraction of sp³-hybridized carbons (Fsp3) is 0.444. The Hall–Kier alpha value is -0.630. The van der Waals surface area contributed by atoms with Gasteiger partial charge in [0, 0.05) is 0 Å². The predicted molar refractivity (Wildman–Crippen MR) is 45.6 cm³/mol. The van der Waals surface area contributed by atoms with E-state index in [-0.39, 0.29) is 5.82 Å². The van der Waals surface area contributed by atoms with Gasteiger partial charge >= 0.3 is 0 Å². The number of hydrogen-bond donors (Lipinski definition) is 0. The number of aromatic nitrogens is 1. The molecule has 1 aliphatic rings. The Morgan fingerprint density at radius 1 is 1.58 bits per heavy atom. The van der Waals surface area contributed by atoms with Crippen molar-refractivity contribution in [3.8, 4) is 0 Å². The number of halogens is 2. The first-order chi connectivity index (χ1) is 5.75. The van der Waals surface area contributed by atoms with Gasteiger partial charge in [0.05, 0.1) is 6.20 Å². The van der Waals surface area contributed by atoms with Crippen molar-refractivity contribution in [3.63, 3.8) is 0 Å². The van der Waals surface area contributed by atoms with Crippen molar-refractivity contribution < 1.29 is 4.39 Å². The molecule has 1 heterocycles. The van der Waals surface area contributed by atoms with Crippen LogP contribution >= 0.6 is 11.6 Å². The van der Waals surface area contributed by atoms with E-state index in [1.54, 1.807) is 0 Å². The molecule has 0 atom stereocenters. The molecule has 1 aliphatic carbocycles. The van der Waals surface area contributed by atoms with Crippen molar-refractivity contribution in [2.75, 3.05) is 0 Å². The monoisotopic (exact) mass is 185 g/mol. The number of hydrogen-bond acceptors (Lipinski definition) is 1. The molecule has 12 heavy (non-hydrogen) atoms. The first kappa shape index (κ1) is 7.99. The van der Waals surface area contributed by atoms with Crippen LogP contribution in [0.2, 0.25) is 5.15 Å². The van der Waals surface area contributed by atoms with E-state index in [2.05, 4.69) is 4.98 Å². The zero-order chi connectivity index (χ0) is 8.55. The summed E-state index contributed by atoms with van der Waals surface area (Å²) in [5, 5.41) is 0.448. The van der Waals surface area contributed by atoms with Gasteiger partial charge in [-0.15, -0.1) is 0 Å². The summed E-state index contributed by atoms with van der Waals surface area (Å²) in [7, 11) is 0. The Kier molecular flexibility index (Phi) is 2.01. The lowest BCUT2D eigenvalue weighted by Crippen LogP contribution is -1.92. The maximum atomic E-state index is 12.7. The summed E-state index contributed by atoms with van der Waals surface area (Å²) in [6.07, 6.45) is 4.52. The summed E-state index contributed by atoms with van der Waals surface area (Å²) in [6.45, 7) is 0. The molecule has 0 radical (unpaired) electrons. The summed E-state index contributed by atoms with van der Waals surface area (Å²) in [6, 6.07) is 1.48. The maximum absolute atomic E-state index is 12.7. The molecule has 0 unspecified atom stereocenters. The summed E-state index contributed by atoms with van der Waals surface area (Å²) < 4.78 is 12.7. The Morgan fingerprint density at radius 2 is 2.33 bits per heavy atom. The highest BCUT2D eigenvalue weighted by Crippen LogP contribution is 2.34. The maximum Gasteiger partial charge on any atom is 0.141 e. The Morgan fingerprint density at radius 3 is 3.00 bits per heavy atom. The fourth-order valence-corrected chi connectivity index (χ4v) is 1.42. The van der Waals surface area contributed by atoms with Crippen LogP contribution in [0.1, 0.15) is 18.4 Å².